The summed E-state index contributed by atoms with van der Waals surface area (Å²) in [5.74, 6) is -0.757. The van der Waals surface area contributed by atoms with E-state index in [4.69, 9.17) is 0 Å². The lowest BCUT2D eigenvalue weighted by Crippen LogP contribution is -2.36. The first-order chi connectivity index (χ1) is 9.63. The van der Waals surface area contributed by atoms with Crippen molar-refractivity contribution >= 4 is 17.8 Å². The Balaban J connectivity index is 1.52. The molecule has 1 aliphatic carbocycles. The predicted octanol–water partition coefficient (Wildman–Crippen LogP) is -0.887. The highest BCUT2D eigenvalue weighted by molar-refractivity contribution is 6.05. The van der Waals surface area contributed by atoms with Gasteiger partial charge in [-0.25, -0.2) is 4.79 Å². The zero-order valence-corrected chi connectivity index (χ0v) is 10.8. The van der Waals surface area contributed by atoms with Crippen LogP contribution in [-0.4, -0.2) is 34.1 Å². The lowest BCUT2D eigenvalue weighted by molar-refractivity contribution is -0.126. The Bertz CT molecular complexity index is 580. The Morgan fingerprint density at radius 3 is 2.95 bits per heavy atom. The molecule has 0 radical (unpaired) electrons. The topological polar surface area (TPSA) is 116 Å². The van der Waals surface area contributed by atoms with Gasteiger partial charge in [0.2, 0.25) is 5.91 Å². The fourth-order valence-electron chi connectivity index (χ4n) is 2.58. The van der Waals surface area contributed by atoms with Gasteiger partial charge in [0.15, 0.2) is 0 Å². The Kier molecular flexibility index (Phi) is 3.13. The number of hydrogen-bond donors (Lipinski definition) is 4. The minimum atomic E-state index is -0.785. The first-order valence-electron chi connectivity index (χ1n) is 6.56. The second kappa shape index (κ2) is 4.95. The van der Waals surface area contributed by atoms with E-state index in [1.807, 2.05) is 0 Å². The summed E-state index contributed by atoms with van der Waals surface area (Å²) in [7, 11) is 0. The molecule has 0 saturated carbocycles. The van der Waals surface area contributed by atoms with Gasteiger partial charge >= 0.3 is 6.03 Å². The van der Waals surface area contributed by atoms with Crippen molar-refractivity contribution in [2.45, 2.75) is 38.3 Å². The number of rotatable bonds is 4. The van der Waals surface area contributed by atoms with Crippen LogP contribution in [0.25, 0.3) is 0 Å². The van der Waals surface area contributed by atoms with Crippen molar-refractivity contribution in [2.75, 3.05) is 0 Å². The molecule has 8 heteroatoms. The zero-order valence-electron chi connectivity index (χ0n) is 10.8. The van der Waals surface area contributed by atoms with Gasteiger partial charge in [0.05, 0.1) is 18.7 Å². The summed E-state index contributed by atoms with van der Waals surface area (Å²) in [6.07, 6.45) is 3.03. The van der Waals surface area contributed by atoms with Crippen LogP contribution in [-0.2, 0) is 29.0 Å². The molecule has 4 N–H and O–H groups in total. The number of urea groups is 1. The van der Waals surface area contributed by atoms with Crippen molar-refractivity contribution in [3.05, 3.63) is 17.0 Å². The van der Waals surface area contributed by atoms with Gasteiger partial charge in [-0.15, -0.1) is 0 Å². The minimum absolute atomic E-state index is 0.0653. The molecule has 0 aromatic carbocycles. The average Bonchev–Trinajstić information content (AvgIpc) is 3.04. The summed E-state index contributed by atoms with van der Waals surface area (Å²) in [5, 5.41) is 14.4. The van der Waals surface area contributed by atoms with Gasteiger partial charge in [0, 0.05) is 5.69 Å². The third-order valence-corrected chi connectivity index (χ3v) is 3.59. The molecule has 20 heavy (non-hydrogen) atoms. The second-order valence-corrected chi connectivity index (χ2v) is 4.98. The summed E-state index contributed by atoms with van der Waals surface area (Å²) in [5.41, 5.74) is 3.19. The molecule has 3 rings (SSSR count). The number of carbonyl (C=O) groups is 3. The molecule has 1 aliphatic heterocycles. The summed E-state index contributed by atoms with van der Waals surface area (Å²) < 4.78 is 0. The van der Waals surface area contributed by atoms with Gasteiger partial charge < -0.3 is 10.6 Å². The smallest absolute Gasteiger partial charge is 0.322 e. The standard InChI is InChI=1S/C12H15N5O3/c18-10(4-8-11(19)15-12(20)14-8)13-5-9-6-2-1-3-7(6)16-17-9/h8H,1-5H2,(H,13,18)(H,16,17)(H2,14,15,19,20)/t8-/m1/s1. The summed E-state index contributed by atoms with van der Waals surface area (Å²) >= 11 is 0. The fourth-order valence-corrected chi connectivity index (χ4v) is 2.58. The van der Waals surface area contributed by atoms with E-state index < -0.39 is 18.0 Å². The number of fused-ring (bicyclic) bond motifs is 1. The van der Waals surface area contributed by atoms with Crippen LogP contribution in [0, 0.1) is 0 Å². The molecule has 0 spiro atoms. The fraction of sp³-hybridized carbons (Fsp3) is 0.500. The number of aryl methyl sites for hydroxylation is 1. The SMILES string of the molecule is O=C(C[C@H]1NC(=O)NC1=O)NCc1n[nH]c2c1CCC2. The molecule has 8 nitrogen and oxygen atoms in total. The first-order valence-corrected chi connectivity index (χ1v) is 6.56. The molecule has 2 aliphatic rings. The molecule has 2 heterocycles. The van der Waals surface area contributed by atoms with Crippen LogP contribution < -0.4 is 16.0 Å². The largest absolute Gasteiger partial charge is 0.350 e. The molecular formula is C12H15N5O3. The number of amides is 4. The molecule has 4 amide bonds. The number of nitrogens with zero attached hydrogens (tertiary/aromatic N) is 1. The van der Waals surface area contributed by atoms with Crippen LogP contribution >= 0.6 is 0 Å². The van der Waals surface area contributed by atoms with Crippen LogP contribution in [0.5, 0.6) is 0 Å². The molecule has 0 bridgehead atoms. The Morgan fingerprint density at radius 2 is 2.20 bits per heavy atom. The van der Waals surface area contributed by atoms with Crippen LogP contribution in [0.15, 0.2) is 0 Å². The van der Waals surface area contributed by atoms with Crippen molar-refractivity contribution < 1.29 is 14.4 Å². The van der Waals surface area contributed by atoms with Crippen molar-refractivity contribution in [3.63, 3.8) is 0 Å². The van der Waals surface area contributed by atoms with Gasteiger partial charge in [-0.1, -0.05) is 0 Å². The Hall–Kier alpha value is -2.38. The van der Waals surface area contributed by atoms with Crippen LogP contribution in [0.3, 0.4) is 0 Å². The lowest BCUT2D eigenvalue weighted by Gasteiger charge is -2.07. The number of hydrogen-bond acceptors (Lipinski definition) is 4. The van der Waals surface area contributed by atoms with E-state index in [2.05, 4.69) is 26.1 Å². The third-order valence-electron chi connectivity index (χ3n) is 3.59. The van der Waals surface area contributed by atoms with Crippen molar-refractivity contribution in [1.29, 1.82) is 0 Å². The predicted molar refractivity (Wildman–Crippen MR) is 67.5 cm³/mol. The van der Waals surface area contributed by atoms with Gasteiger partial charge in [-0.3, -0.25) is 20.0 Å². The Labute approximate surface area is 114 Å². The highest BCUT2D eigenvalue weighted by Crippen LogP contribution is 2.22. The zero-order chi connectivity index (χ0) is 14.1. The van der Waals surface area contributed by atoms with E-state index in [1.165, 1.54) is 5.56 Å². The highest BCUT2D eigenvalue weighted by atomic mass is 16.2. The minimum Gasteiger partial charge on any atom is -0.350 e. The number of aromatic nitrogens is 2. The molecule has 0 unspecified atom stereocenters. The summed E-state index contributed by atoms with van der Waals surface area (Å²) in [6.45, 7) is 0.340. The summed E-state index contributed by atoms with van der Waals surface area (Å²) in [4.78, 5) is 34.0. The van der Waals surface area contributed by atoms with E-state index in [9.17, 15) is 14.4 Å². The van der Waals surface area contributed by atoms with E-state index >= 15 is 0 Å². The van der Waals surface area contributed by atoms with Crippen molar-refractivity contribution in [2.24, 2.45) is 0 Å². The summed E-state index contributed by atoms with van der Waals surface area (Å²) in [6, 6.07) is -1.34. The maximum atomic E-state index is 11.8. The van der Waals surface area contributed by atoms with E-state index in [1.54, 1.807) is 0 Å². The van der Waals surface area contributed by atoms with Gasteiger partial charge in [0.25, 0.3) is 5.91 Å². The molecule has 1 atom stereocenters. The molecular weight excluding hydrogens is 262 g/mol. The van der Waals surface area contributed by atoms with E-state index in [-0.39, 0.29) is 12.3 Å². The maximum Gasteiger partial charge on any atom is 0.322 e. The monoisotopic (exact) mass is 277 g/mol. The quantitative estimate of drug-likeness (QED) is 0.534. The third kappa shape index (κ3) is 2.36. The number of H-pyrrole nitrogens is 1. The average molecular weight is 277 g/mol. The van der Waals surface area contributed by atoms with E-state index in [0.29, 0.717) is 6.54 Å². The second-order valence-electron chi connectivity index (χ2n) is 4.98. The molecule has 106 valence electrons. The molecule has 1 saturated heterocycles. The molecule has 1 aromatic rings. The molecule has 1 aromatic heterocycles. The van der Waals surface area contributed by atoms with Crippen molar-refractivity contribution in [1.82, 2.24) is 26.1 Å². The van der Waals surface area contributed by atoms with Gasteiger partial charge in [0.1, 0.15) is 6.04 Å². The van der Waals surface area contributed by atoms with Crippen LogP contribution in [0.2, 0.25) is 0 Å². The van der Waals surface area contributed by atoms with Crippen LogP contribution in [0.1, 0.15) is 29.8 Å². The maximum absolute atomic E-state index is 11.8. The number of carbonyl (C=O) groups excluding carboxylic acids is 3. The Morgan fingerprint density at radius 1 is 1.35 bits per heavy atom. The highest BCUT2D eigenvalue weighted by Gasteiger charge is 2.31. The van der Waals surface area contributed by atoms with Gasteiger partial charge in [-0.2, -0.15) is 5.10 Å². The number of nitrogens with one attached hydrogen (secondary N) is 4. The van der Waals surface area contributed by atoms with Gasteiger partial charge in [-0.05, 0) is 24.8 Å². The van der Waals surface area contributed by atoms with Crippen LogP contribution in [0.4, 0.5) is 4.79 Å². The number of aromatic amines is 1. The lowest BCUT2D eigenvalue weighted by atomic mass is 10.2. The number of imide groups is 1. The van der Waals surface area contributed by atoms with E-state index in [0.717, 1.165) is 30.7 Å². The first kappa shape index (κ1) is 12.6. The normalized spacial score (nSPS) is 20.5. The van der Waals surface area contributed by atoms with Crippen molar-refractivity contribution in [3.8, 4) is 0 Å². The molecule has 1 fully saturated rings.